The van der Waals surface area contributed by atoms with E-state index in [1.165, 1.54) is 25.7 Å². The number of nitrogens with one attached hydrogen (secondary N) is 1. The van der Waals surface area contributed by atoms with Crippen LogP contribution in [-0.2, 0) is 4.74 Å². The van der Waals surface area contributed by atoms with Gasteiger partial charge in [-0.15, -0.1) is 0 Å². The Balaban J connectivity index is 1.82. The topological polar surface area (TPSA) is 21.3 Å². The fourth-order valence-corrected chi connectivity index (χ4v) is 2.62. The van der Waals surface area contributed by atoms with Gasteiger partial charge in [0.1, 0.15) is 0 Å². The first-order chi connectivity index (χ1) is 6.27. The van der Waals surface area contributed by atoms with E-state index >= 15 is 0 Å². The van der Waals surface area contributed by atoms with Crippen LogP contribution in [0.5, 0.6) is 0 Å². The van der Waals surface area contributed by atoms with Gasteiger partial charge in [0, 0.05) is 18.7 Å². The second kappa shape index (κ2) is 3.97. The maximum absolute atomic E-state index is 5.55. The smallest absolute Gasteiger partial charge is 0.0700 e. The Morgan fingerprint density at radius 2 is 1.92 bits per heavy atom. The molecule has 1 aliphatic heterocycles. The third-order valence-corrected chi connectivity index (χ3v) is 3.67. The molecule has 2 fully saturated rings. The lowest BCUT2D eigenvalue weighted by Crippen LogP contribution is -2.43. The van der Waals surface area contributed by atoms with Crippen LogP contribution in [0.25, 0.3) is 0 Å². The van der Waals surface area contributed by atoms with E-state index in [0.717, 1.165) is 18.6 Å². The van der Waals surface area contributed by atoms with Crippen molar-refractivity contribution in [2.75, 3.05) is 6.61 Å². The van der Waals surface area contributed by atoms with Gasteiger partial charge in [-0.3, -0.25) is 0 Å². The molecule has 1 aliphatic carbocycles. The largest absolute Gasteiger partial charge is 0.377 e. The Morgan fingerprint density at radius 3 is 2.46 bits per heavy atom. The van der Waals surface area contributed by atoms with Crippen LogP contribution in [0.15, 0.2) is 0 Å². The third-order valence-electron chi connectivity index (χ3n) is 3.67. The molecule has 2 heteroatoms. The molecule has 0 aromatic carbocycles. The number of hydrogen-bond donors (Lipinski definition) is 1. The van der Waals surface area contributed by atoms with Crippen LogP contribution in [0.3, 0.4) is 0 Å². The molecule has 1 saturated carbocycles. The minimum atomic E-state index is 0.424. The second-order valence-electron chi connectivity index (χ2n) is 4.65. The summed E-state index contributed by atoms with van der Waals surface area (Å²) in [7, 11) is 0. The number of hydrogen-bond acceptors (Lipinski definition) is 2. The standard InChI is InChI=1S/C11H21NO/c1-8-4-3-5-10(8)12-11-6-7-13-9(11)2/h8-12H,3-7H2,1-2H3/t8?,9-,10?,11-/m1/s1. The minimum absolute atomic E-state index is 0.424. The van der Waals surface area contributed by atoms with Crippen molar-refractivity contribution in [3.05, 3.63) is 0 Å². The highest BCUT2D eigenvalue weighted by atomic mass is 16.5. The molecule has 4 atom stereocenters. The van der Waals surface area contributed by atoms with Crippen LogP contribution in [0, 0.1) is 5.92 Å². The minimum Gasteiger partial charge on any atom is -0.377 e. The summed E-state index contributed by atoms with van der Waals surface area (Å²) in [6.07, 6.45) is 5.79. The molecule has 0 amide bonds. The molecule has 0 aromatic heterocycles. The summed E-state index contributed by atoms with van der Waals surface area (Å²) in [6, 6.07) is 1.37. The van der Waals surface area contributed by atoms with E-state index in [1.807, 2.05) is 0 Å². The van der Waals surface area contributed by atoms with Crippen molar-refractivity contribution in [3.63, 3.8) is 0 Å². The molecule has 76 valence electrons. The van der Waals surface area contributed by atoms with Crippen LogP contribution < -0.4 is 5.32 Å². The molecule has 0 spiro atoms. The third kappa shape index (κ3) is 2.05. The van der Waals surface area contributed by atoms with Crippen molar-refractivity contribution in [2.24, 2.45) is 5.92 Å². The van der Waals surface area contributed by atoms with Crippen molar-refractivity contribution < 1.29 is 4.74 Å². The maximum atomic E-state index is 5.55. The molecule has 0 bridgehead atoms. The molecular weight excluding hydrogens is 162 g/mol. The molecule has 2 aliphatic rings. The zero-order chi connectivity index (χ0) is 9.26. The van der Waals surface area contributed by atoms with E-state index in [0.29, 0.717) is 12.1 Å². The van der Waals surface area contributed by atoms with Crippen molar-refractivity contribution in [1.82, 2.24) is 5.32 Å². The Hall–Kier alpha value is -0.0800. The zero-order valence-corrected chi connectivity index (χ0v) is 8.75. The van der Waals surface area contributed by atoms with Crippen molar-refractivity contribution in [3.8, 4) is 0 Å². The van der Waals surface area contributed by atoms with Crippen LogP contribution in [0.4, 0.5) is 0 Å². The highest BCUT2D eigenvalue weighted by Gasteiger charge is 2.30. The lowest BCUT2D eigenvalue weighted by Gasteiger charge is -2.24. The predicted molar refractivity (Wildman–Crippen MR) is 53.8 cm³/mol. The van der Waals surface area contributed by atoms with E-state index in [-0.39, 0.29) is 0 Å². The lowest BCUT2D eigenvalue weighted by molar-refractivity contribution is 0.109. The van der Waals surface area contributed by atoms with Gasteiger partial charge in [0.05, 0.1) is 6.10 Å². The predicted octanol–water partition coefficient (Wildman–Crippen LogP) is 1.94. The first kappa shape index (κ1) is 9.47. The summed E-state index contributed by atoms with van der Waals surface area (Å²) in [5.41, 5.74) is 0. The molecule has 0 radical (unpaired) electrons. The normalized spacial score (nSPS) is 45.7. The molecular formula is C11H21NO. The number of rotatable bonds is 2. The van der Waals surface area contributed by atoms with E-state index < -0.39 is 0 Å². The van der Waals surface area contributed by atoms with E-state index in [2.05, 4.69) is 19.2 Å². The Bertz CT molecular complexity index is 153. The van der Waals surface area contributed by atoms with E-state index in [9.17, 15) is 0 Å². The van der Waals surface area contributed by atoms with Gasteiger partial charge in [0.25, 0.3) is 0 Å². The fraction of sp³-hybridized carbons (Fsp3) is 1.00. The zero-order valence-electron chi connectivity index (χ0n) is 8.75. The van der Waals surface area contributed by atoms with Crippen LogP contribution in [0.1, 0.15) is 39.5 Å². The summed E-state index contributed by atoms with van der Waals surface area (Å²) in [5, 5.41) is 3.75. The van der Waals surface area contributed by atoms with Gasteiger partial charge in [-0.05, 0) is 32.1 Å². The highest BCUT2D eigenvalue weighted by Crippen LogP contribution is 2.26. The second-order valence-corrected chi connectivity index (χ2v) is 4.65. The summed E-state index contributed by atoms with van der Waals surface area (Å²) in [5.74, 6) is 0.868. The van der Waals surface area contributed by atoms with E-state index in [1.54, 1.807) is 0 Å². The van der Waals surface area contributed by atoms with Crippen LogP contribution in [0.2, 0.25) is 0 Å². The average molecular weight is 183 g/mol. The van der Waals surface area contributed by atoms with Gasteiger partial charge < -0.3 is 10.1 Å². The van der Waals surface area contributed by atoms with Gasteiger partial charge in [-0.1, -0.05) is 13.3 Å². The van der Waals surface area contributed by atoms with Crippen LogP contribution in [-0.4, -0.2) is 24.8 Å². The first-order valence-corrected chi connectivity index (χ1v) is 5.65. The van der Waals surface area contributed by atoms with Gasteiger partial charge >= 0.3 is 0 Å². The maximum Gasteiger partial charge on any atom is 0.0700 e. The lowest BCUT2D eigenvalue weighted by atomic mass is 10.0. The quantitative estimate of drug-likeness (QED) is 0.706. The summed E-state index contributed by atoms with van der Waals surface area (Å²) >= 11 is 0. The molecule has 0 aromatic rings. The summed E-state index contributed by atoms with van der Waals surface area (Å²) in [4.78, 5) is 0. The van der Waals surface area contributed by atoms with Crippen LogP contribution >= 0.6 is 0 Å². The Kier molecular flexibility index (Phi) is 2.89. The fourth-order valence-electron chi connectivity index (χ4n) is 2.62. The first-order valence-electron chi connectivity index (χ1n) is 5.65. The number of ether oxygens (including phenoxy) is 1. The molecule has 2 unspecified atom stereocenters. The Labute approximate surface area is 81.0 Å². The molecule has 2 rings (SSSR count). The molecule has 13 heavy (non-hydrogen) atoms. The highest BCUT2D eigenvalue weighted by molar-refractivity contribution is 4.87. The summed E-state index contributed by atoms with van der Waals surface area (Å²) in [6.45, 7) is 5.50. The van der Waals surface area contributed by atoms with Gasteiger partial charge in [-0.2, -0.15) is 0 Å². The average Bonchev–Trinajstić information content (AvgIpc) is 2.65. The van der Waals surface area contributed by atoms with Gasteiger partial charge in [-0.25, -0.2) is 0 Å². The van der Waals surface area contributed by atoms with Crippen molar-refractivity contribution in [2.45, 2.75) is 57.7 Å². The van der Waals surface area contributed by atoms with Gasteiger partial charge in [0.15, 0.2) is 0 Å². The Morgan fingerprint density at radius 1 is 1.08 bits per heavy atom. The molecule has 1 saturated heterocycles. The molecule has 1 heterocycles. The summed E-state index contributed by atoms with van der Waals surface area (Å²) < 4.78 is 5.55. The van der Waals surface area contributed by atoms with Gasteiger partial charge in [0.2, 0.25) is 0 Å². The molecule has 1 N–H and O–H groups in total. The SMILES string of the molecule is CC1CCCC1N[C@@H]1CCO[C@@H]1C. The monoisotopic (exact) mass is 183 g/mol. The van der Waals surface area contributed by atoms with E-state index in [4.69, 9.17) is 4.74 Å². The molecule has 2 nitrogen and oxygen atoms in total. The van der Waals surface area contributed by atoms with Crippen molar-refractivity contribution >= 4 is 0 Å². The van der Waals surface area contributed by atoms with Crippen molar-refractivity contribution in [1.29, 1.82) is 0 Å².